The zero-order valence-electron chi connectivity index (χ0n) is 16.4. The molecule has 1 heterocycles. The molecule has 0 fully saturated rings. The lowest BCUT2D eigenvalue weighted by Crippen LogP contribution is -2.16. The number of hydrogen-bond donors (Lipinski definition) is 0. The molecule has 5 nitrogen and oxygen atoms in total. The monoisotopic (exact) mass is 455 g/mol. The second-order valence-electron chi connectivity index (χ2n) is 6.17. The molecular formula is C20H24BrF2N3O2. The minimum atomic E-state index is -0.714. The molecule has 2 rings (SSSR count). The summed E-state index contributed by atoms with van der Waals surface area (Å²) in [4.78, 5) is 10.8. The van der Waals surface area contributed by atoms with Gasteiger partial charge in [-0.05, 0) is 54.9 Å². The van der Waals surface area contributed by atoms with Crippen molar-refractivity contribution in [3.63, 3.8) is 0 Å². The summed E-state index contributed by atoms with van der Waals surface area (Å²) in [6.45, 7) is 7.09. The molecule has 0 spiro atoms. The van der Waals surface area contributed by atoms with E-state index < -0.39 is 17.7 Å². The third-order valence-electron chi connectivity index (χ3n) is 3.98. The molecule has 0 aliphatic rings. The Balaban J connectivity index is 2.30. The van der Waals surface area contributed by atoms with Crippen LogP contribution >= 0.6 is 15.9 Å². The van der Waals surface area contributed by atoms with Crippen LogP contribution in [0.4, 0.5) is 14.5 Å². The van der Waals surface area contributed by atoms with E-state index in [1.54, 1.807) is 12.4 Å². The van der Waals surface area contributed by atoms with Crippen molar-refractivity contribution in [3.05, 3.63) is 51.6 Å². The van der Waals surface area contributed by atoms with Gasteiger partial charge in [-0.3, -0.25) is 0 Å². The fourth-order valence-electron chi connectivity index (χ4n) is 2.32. The molecule has 0 radical (unpaired) electrons. The van der Waals surface area contributed by atoms with Crippen molar-refractivity contribution in [2.45, 2.75) is 26.9 Å². The minimum absolute atomic E-state index is 0.133. The van der Waals surface area contributed by atoms with Gasteiger partial charge in [-0.25, -0.2) is 18.8 Å². The Morgan fingerprint density at radius 3 is 2.50 bits per heavy atom. The molecule has 0 aliphatic heterocycles. The maximum atomic E-state index is 13.6. The quantitative estimate of drug-likeness (QED) is 0.385. The third kappa shape index (κ3) is 6.24. The van der Waals surface area contributed by atoms with Crippen LogP contribution in [-0.4, -0.2) is 43.0 Å². The SMILES string of the molecule is CCOCC(Oc1nc(C)c(N=CN(C)CC)cc1Br)c1cc(F)cc(F)c1. The number of aryl methyl sites for hydroxylation is 1. The fourth-order valence-corrected chi connectivity index (χ4v) is 2.72. The van der Waals surface area contributed by atoms with Crippen LogP contribution in [0.3, 0.4) is 0 Å². The number of aromatic nitrogens is 1. The van der Waals surface area contributed by atoms with E-state index in [1.165, 1.54) is 12.1 Å². The predicted octanol–water partition coefficient (Wildman–Crippen LogP) is 5.20. The summed E-state index contributed by atoms with van der Waals surface area (Å²) in [6, 6.07) is 5.07. The highest BCUT2D eigenvalue weighted by Crippen LogP contribution is 2.33. The highest BCUT2D eigenvalue weighted by atomic mass is 79.9. The van der Waals surface area contributed by atoms with Crippen molar-refractivity contribution in [2.24, 2.45) is 4.99 Å². The van der Waals surface area contributed by atoms with Gasteiger partial charge in [0, 0.05) is 31.8 Å². The van der Waals surface area contributed by atoms with Crippen LogP contribution in [0.15, 0.2) is 33.7 Å². The average Bonchev–Trinajstić information content (AvgIpc) is 2.65. The van der Waals surface area contributed by atoms with Crippen LogP contribution in [0.5, 0.6) is 5.88 Å². The summed E-state index contributed by atoms with van der Waals surface area (Å²) in [5, 5.41) is 0. The molecule has 152 valence electrons. The van der Waals surface area contributed by atoms with Gasteiger partial charge >= 0.3 is 0 Å². The maximum Gasteiger partial charge on any atom is 0.229 e. The molecule has 0 saturated carbocycles. The summed E-state index contributed by atoms with van der Waals surface area (Å²) in [5.74, 6) is -1.05. The standard InChI is InChI=1S/C20H24BrF2N3O2/c1-5-26(4)12-24-18-10-17(21)20(25-13(18)3)28-19(11-27-6-2)14-7-15(22)9-16(23)8-14/h7-10,12,19H,5-6,11H2,1-4H3. The van der Waals surface area contributed by atoms with Gasteiger partial charge < -0.3 is 14.4 Å². The van der Waals surface area contributed by atoms with E-state index in [4.69, 9.17) is 9.47 Å². The molecule has 2 aromatic rings. The summed E-state index contributed by atoms with van der Waals surface area (Å²) in [5.41, 5.74) is 1.70. The van der Waals surface area contributed by atoms with E-state index in [0.29, 0.717) is 33.9 Å². The fraction of sp³-hybridized carbons (Fsp3) is 0.400. The second kappa shape index (κ2) is 10.5. The average molecular weight is 456 g/mol. The number of aliphatic imine (C=N–C) groups is 1. The molecular weight excluding hydrogens is 432 g/mol. The number of pyridine rings is 1. The molecule has 0 amide bonds. The van der Waals surface area contributed by atoms with Crippen molar-refractivity contribution >= 4 is 28.0 Å². The molecule has 8 heteroatoms. The Morgan fingerprint density at radius 2 is 1.89 bits per heavy atom. The van der Waals surface area contributed by atoms with Gasteiger partial charge in [0.1, 0.15) is 17.7 Å². The highest BCUT2D eigenvalue weighted by Gasteiger charge is 2.19. The van der Waals surface area contributed by atoms with Gasteiger partial charge in [0.25, 0.3) is 0 Å². The van der Waals surface area contributed by atoms with Crippen LogP contribution in [0.25, 0.3) is 0 Å². The smallest absolute Gasteiger partial charge is 0.229 e. The van der Waals surface area contributed by atoms with E-state index in [1.807, 2.05) is 32.7 Å². The van der Waals surface area contributed by atoms with Crippen LogP contribution in [0.1, 0.15) is 31.2 Å². The van der Waals surface area contributed by atoms with Crippen molar-refractivity contribution in [2.75, 3.05) is 26.8 Å². The van der Waals surface area contributed by atoms with Gasteiger partial charge in [0.2, 0.25) is 5.88 Å². The van der Waals surface area contributed by atoms with E-state index in [9.17, 15) is 8.78 Å². The lowest BCUT2D eigenvalue weighted by Gasteiger charge is -2.20. The molecule has 0 N–H and O–H groups in total. The third-order valence-corrected chi connectivity index (χ3v) is 4.55. The highest BCUT2D eigenvalue weighted by molar-refractivity contribution is 9.10. The Kier molecular flexibility index (Phi) is 8.32. The van der Waals surface area contributed by atoms with Gasteiger partial charge in [-0.1, -0.05) is 0 Å². The molecule has 0 saturated heterocycles. The van der Waals surface area contributed by atoms with Crippen molar-refractivity contribution in [1.29, 1.82) is 0 Å². The molecule has 1 atom stereocenters. The molecule has 1 unspecified atom stereocenters. The zero-order valence-corrected chi connectivity index (χ0v) is 18.0. The van der Waals surface area contributed by atoms with Gasteiger partial charge in [-0.2, -0.15) is 0 Å². The predicted molar refractivity (Wildman–Crippen MR) is 109 cm³/mol. The lowest BCUT2D eigenvalue weighted by atomic mass is 10.1. The van der Waals surface area contributed by atoms with Crippen molar-refractivity contribution in [3.8, 4) is 5.88 Å². The largest absolute Gasteiger partial charge is 0.466 e. The van der Waals surface area contributed by atoms with Crippen molar-refractivity contribution in [1.82, 2.24) is 9.88 Å². The van der Waals surface area contributed by atoms with Crippen LogP contribution < -0.4 is 4.74 Å². The van der Waals surface area contributed by atoms with Crippen molar-refractivity contribution < 1.29 is 18.3 Å². The van der Waals surface area contributed by atoms with E-state index in [0.717, 1.165) is 12.6 Å². The number of rotatable bonds is 9. The number of nitrogens with zero attached hydrogens (tertiary/aromatic N) is 3. The molecule has 0 aliphatic carbocycles. The molecule has 1 aromatic carbocycles. The maximum absolute atomic E-state index is 13.6. The Bertz CT molecular complexity index is 813. The lowest BCUT2D eigenvalue weighted by molar-refractivity contribution is 0.0528. The van der Waals surface area contributed by atoms with Gasteiger partial charge in [0.05, 0.1) is 28.8 Å². The summed E-state index contributed by atoms with van der Waals surface area (Å²) in [7, 11) is 1.93. The Morgan fingerprint density at radius 1 is 1.21 bits per heavy atom. The minimum Gasteiger partial charge on any atom is -0.466 e. The Labute approximate surface area is 172 Å². The zero-order chi connectivity index (χ0) is 20.7. The number of benzene rings is 1. The van der Waals surface area contributed by atoms with Crippen LogP contribution in [-0.2, 0) is 4.74 Å². The summed E-state index contributed by atoms with van der Waals surface area (Å²) < 4.78 is 39.3. The first-order chi connectivity index (χ1) is 13.3. The first kappa shape index (κ1) is 22.2. The van der Waals surface area contributed by atoms with Gasteiger partial charge in [0.15, 0.2) is 0 Å². The summed E-state index contributed by atoms with van der Waals surface area (Å²) >= 11 is 3.44. The summed E-state index contributed by atoms with van der Waals surface area (Å²) in [6.07, 6.45) is 1.01. The number of hydrogen-bond acceptors (Lipinski definition) is 4. The first-order valence-corrected chi connectivity index (χ1v) is 9.75. The topological polar surface area (TPSA) is 47.0 Å². The van der Waals surface area contributed by atoms with Crippen LogP contribution in [0.2, 0.25) is 0 Å². The number of halogens is 3. The second-order valence-corrected chi connectivity index (χ2v) is 7.02. The molecule has 1 aromatic heterocycles. The van der Waals surface area contributed by atoms with Gasteiger partial charge in [-0.15, -0.1) is 0 Å². The van der Waals surface area contributed by atoms with Crippen LogP contribution in [0, 0.1) is 18.6 Å². The normalized spacial score (nSPS) is 12.4. The molecule has 0 bridgehead atoms. The van der Waals surface area contributed by atoms with E-state index in [-0.39, 0.29) is 6.61 Å². The molecule has 28 heavy (non-hydrogen) atoms. The Hall–Kier alpha value is -2.06. The van der Waals surface area contributed by atoms with E-state index in [2.05, 4.69) is 25.9 Å². The van der Waals surface area contributed by atoms with E-state index >= 15 is 0 Å². The first-order valence-electron chi connectivity index (χ1n) is 8.96. The number of ether oxygens (including phenoxy) is 2.